The Hall–Kier alpha value is -3.49. The zero-order valence-electron chi connectivity index (χ0n) is 18.0. The van der Waals surface area contributed by atoms with Gasteiger partial charge in [-0.1, -0.05) is 97.9 Å². The molecule has 4 rings (SSSR count). The molecular weight excluding hydrogens is 417 g/mol. The van der Waals surface area contributed by atoms with Crippen molar-refractivity contribution in [2.75, 3.05) is 7.11 Å². The van der Waals surface area contributed by atoms with Gasteiger partial charge in [-0.05, 0) is 41.0 Å². The van der Waals surface area contributed by atoms with Crippen LogP contribution in [-0.4, -0.2) is 12.0 Å². The summed E-state index contributed by atoms with van der Waals surface area (Å²) in [6, 6.07) is 34.8. The first-order valence-electron chi connectivity index (χ1n) is 10.4. The summed E-state index contributed by atoms with van der Waals surface area (Å²) in [4.78, 5) is 11.2. The third-order valence-electron chi connectivity index (χ3n) is 5.57. The Morgan fingerprint density at radius 1 is 0.812 bits per heavy atom. The van der Waals surface area contributed by atoms with Crippen LogP contribution in [0.2, 0.25) is 0 Å². The number of hydrogen-bond donors (Lipinski definition) is 0. The molecule has 0 aliphatic heterocycles. The molecule has 0 aliphatic carbocycles. The van der Waals surface area contributed by atoms with Gasteiger partial charge in [0.1, 0.15) is 0 Å². The molecule has 0 spiro atoms. The summed E-state index contributed by atoms with van der Waals surface area (Å²) < 4.78 is 5.19. The van der Waals surface area contributed by atoms with E-state index in [-0.39, 0.29) is 22.3 Å². The molecule has 0 radical (unpaired) electrons. The lowest BCUT2D eigenvalue weighted by Crippen LogP contribution is -2.24. The zero-order chi connectivity index (χ0) is 22.5. The van der Waals surface area contributed by atoms with Crippen molar-refractivity contribution in [3.8, 4) is 5.75 Å². The summed E-state index contributed by atoms with van der Waals surface area (Å²) in [6.45, 7) is 2.11. The van der Waals surface area contributed by atoms with E-state index in [1.54, 1.807) is 12.1 Å². The number of ether oxygens (including phenoxy) is 1. The fraction of sp³-hybridized carbons (Fsp3) is 0.111. The average molecular weight is 441 g/mol. The van der Waals surface area contributed by atoms with Crippen LogP contribution < -0.4 is 20.7 Å². The Morgan fingerprint density at radius 2 is 1.38 bits per heavy atom. The fourth-order valence-corrected chi connectivity index (χ4v) is 6.49. The van der Waals surface area contributed by atoms with E-state index in [9.17, 15) is 10.1 Å². The van der Waals surface area contributed by atoms with Gasteiger partial charge in [-0.3, -0.25) is 10.1 Å². The van der Waals surface area contributed by atoms with Gasteiger partial charge in [-0.25, -0.2) is 0 Å². The van der Waals surface area contributed by atoms with E-state index in [0.717, 1.165) is 5.56 Å². The van der Waals surface area contributed by atoms with Gasteiger partial charge in [-0.15, -0.1) is 0 Å². The van der Waals surface area contributed by atoms with Crippen LogP contribution >= 0.6 is 7.92 Å². The van der Waals surface area contributed by atoms with Gasteiger partial charge in [0.25, 0.3) is 0 Å². The maximum Gasteiger partial charge on any atom is 0.311 e. The Kier molecular flexibility index (Phi) is 6.63. The third-order valence-corrected chi connectivity index (χ3v) is 8.09. The van der Waals surface area contributed by atoms with E-state index in [1.165, 1.54) is 28.6 Å². The van der Waals surface area contributed by atoms with Crippen LogP contribution in [-0.2, 0) is 0 Å². The zero-order valence-corrected chi connectivity index (χ0v) is 18.9. The van der Waals surface area contributed by atoms with Crippen LogP contribution in [0.4, 0.5) is 5.69 Å². The molecular formula is C27H24NO3P. The number of benzene rings is 4. The molecule has 32 heavy (non-hydrogen) atoms. The largest absolute Gasteiger partial charge is 0.490 e. The highest BCUT2D eigenvalue weighted by molar-refractivity contribution is 7.79. The van der Waals surface area contributed by atoms with E-state index < -0.39 is 7.92 Å². The second-order valence-corrected chi connectivity index (χ2v) is 9.66. The molecule has 1 atom stereocenters. The van der Waals surface area contributed by atoms with Crippen molar-refractivity contribution >= 4 is 29.5 Å². The van der Waals surface area contributed by atoms with Crippen LogP contribution in [0.1, 0.15) is 24.0 Å². The second-order valence-electron chi connectivity index (χ2n) is 7.48. The van der Waals surface area contributed by atoms with Gasteiger partial charge in [-0.2, -0.15) is 0 Å². The Morgan fingerprint density at radius 3 is 1.94 bits per heavy atom. The standard InChI is InChI=1S/C27H24NO3P/c1-20(21-17-18-26(31-2)25(19-21)28(29)30)24-15-9-10-16-27(24)32(22-11-5-3-6-12-22)23-13-7-4-8-14-23/h3-20H,1-2H3. The van der Waals surface area contributed by atoms with Gasteiger partial charge in [0.2, 0.25) is 0 Å². The maximum absolute atomic E-state index is 11.6. The Balaban J connectivity index is 1.85. The summed E-state index contributed by atoms with van der Waals surface area (Å²) in [6.07, 6.45) is 0. The fourth-order valence-electron chi connectivity index (χ4n) is 3.94. The molecule has 0 N–H and O–H groups in total. The number of methoxy groups -OCH3 is 1. The van der Waals surface area contributed by atoms with Gasteiger partial charge in [0, 0.05) is 12.0 Å². The van der Waals surface area contributed by atoms with E-state index in [1.807, 2.05) is 24.3 Å². The lowest BCUT2D eigenvalue weighted by molar-refractivity contribution is -0.385. The summed E-state index contributed by atoms with van der Waals surface area (Å²) in [5.74, 6) is 0.253. The average Bonchev–Trinajstić information content (AvgIpc) is 2.85. The monoisotopic (exact) mass is 441 g/mol. The van der Waals surface area contributed by atoms with E-state index in [4.69, 9.17) is 4.74 Å². The number of nitro benzene ring substituents is 1. The first-order valence-corrected chi connectivity index (χ1v) is 11.8. The molecule has 5 heteroatoms. The van der Waals surface area contributed by atoms with Gasteiger partial charge < -0.3 is 4.74 Å². The molecule has 0 fully saturated rings. The van der Waals surface area contributed by atoms with Crippen LogP contribution in [0, 0.1) is 10.1 Å². The second kappa shape index (κ2) is 9.76. The first-order chi connectivity index (χ1) is 15.6. The minimum atomic E-state index is -0.778. The van der Waals surface area contributed by atoms with Gasteiger partial charge in [0.15, 0.2) is 5.75 Å². The molecule has 0 aliphatic rings. The van der Waals surface area contributed by atoms with Crippen molar-refractivity contribution in [2.45, 2.75) is 12.8 Å². The predicted molar refractivity (Wildman–Crippen MR) is 132 cm³/mol. The third kappa shape index (κ3) is 4.42. The summed E-state index contributed by atoms with van der Waals surface area (Å²) in [7, 11) is 0.674. The van der Waals surface area contributed by atoms with Crippen molar-refractivity contribution < 1.29 is 9.66 Å². The molecule has 0 saturated carbocycles. The lowest BCUT2D eigenvalue weighted by atomic mass is 9.92. The number of nitrogens with zero attached hydrogens (tertiary/aromatic N) is 1. The molecule has 0 aromatic heterocycles. The SMILES string of the molecule is COc1ccc(C(C)c2ccccc2P(c2ccccc2)c2ccccc2)cc1[N+](=O)[O-]. The molecule has 1 unspecified atom stereocenters. The molecule has 0 heterocycles. The highest BCUT2D eigenvalue weighted by Gasteiger charge is 2.24. The van der Waals surface area contributed by atoms with Crippen molar-refractivity contribution in [2.24, 2.45) is 0 Å². The minimum Gasteiger partial charge on any atom is -0.490 e. The topological polar surface area (TPSA) is 52.4 Å². The quantitative estimate of drug-likeness (QED) is 0.216. The van der Waals surface area contributed by atoms with E-state index in [2.05, 4.69) is 73.7 Å². The Labute approximate surface area is 189 Å². The molecule has 4 aromatic carbocycles. The van der Waals surface area contributed by atoms with Crippen LogP contribution in [0.5, 0.6) is 5.75 Å². The van der Waals surface area contributed by atoms with Crippen molar-refractivity contribution in [3.05, 3.63) is 124 Å². The van der Waals surface area contributed by atoms with Crippen LogP contribution in [0.3, 0.4) is 0 Å². The number of rotatable bonds is 7. The van der Waals surface area contributed by atoms with E-state index >= 15 is 0 Å². The summed E-state index contributed by atoms with van der Waals surface area (Å²) in [5, 5.41) is 15.4. The lowest BCUT2D eigenvalue weighted by Gasteiger charge is -2.25. The normalized spacial score (nSPS) is 11.8. The van der Waals surface area contributed by atoms with Crippen molar-refractivity contribution in [3.63, 3.8) is 0 Å². The molecule has 4 nitrogen and oxygen atoms in total. The smallest absolute Gasteiger partial charge is 0.311 e. The predicted octanol–water partition coefficient (Wildman–Crippen LogP) is 5.51. The number of hydrogen-bond acceptors (Lipinski definition) is 3. The Bertz CT molecular complexity index is 1170. The summed E-state index contributed by atoms with van der Waals surface area (Å²) in [5.41, 5.74) is 2.05. The molecule has 0 bridgehead atoms. The van der Waals surface area contributed by atoms with Gasteiger partial charge in [0.05, 0.1) is 12.0 Å². The highest BCUT2D eigenvalue weighted by Crippen LogP contribution is 2.38. The van der Waals surface area contributed by atoms with Crippen molar-refractivity contribution in [1.82, 2.24) is 0 Å². The van der Waals surface area contributed by atoms with Crippen LogP contribution in [0.25, 0.3) is 0 Å². The van der Waals surface area contributed by atoms with Gasteiger partial charge >= 0.3 is 5.69 Å². The molecule has 4 aromatic rings. The summed E-state index contributed by atoms with van der Waals surface area (Å²) >= 11 is 0. The number of nitro groups is 1. The van der Waals surface area contributed by atoms with Crippen LogP contribution in [0.15, 0.2) is 103 Å². The van der Waals surface area contributed by atoms with E-state index in [0.29, 0.717) is 0 Å². The highest BCUT2D eigenvalue weighted by atomic mass is 31.1. The molecule has 0 saturated heterocycles. The minimum absolute atomic E-state index is 0.0114. The maximum atomic E-state index is 11.6. The van der Waals surface area contributed by atoms with Crippen molar-refractivity contribution in [1.29, 1.82) is 0 Å². The molecule has 160 valence electrons. The first kappa shape index (κ1) is 21.7. The molecule has 0 amide bonds.